The highest BCUT2D eigenvalue weighted by molar-refractivity contribution is 7.92. The average Bonchev–Trinajstić information content (AvgIpc) is 2.53. The van der Waals surface area contributed by atoms with Gasteiger partial charge in [-0.15, -0.1) is 0 Å². The van der Waals surface area contributed by atoms with Crippen LogP contribution >= 0.6 is 0 Å². The summed E-state index contributed by atoms with van der Waals surface area (Å²) in [5, 5.41) is 2.76. The number of carbonyl (C=O) groups excluding carboxylic acids is 1. The maximum absolute atomic E-state index is 12.3. The Kier molecular flexibility index (Phi) is 5.70. The first kappa shape index (κ1) is 17.0. The number of aromatic nitrogens is 1. The molecule has 0 unspecified atom stereocenters. The molecule has 1 amide bonds. The summed E-state index contributed by atoms with van der Waals surface area (Å²) in [5.74, 6) is -0.331. The molecule has 2 N–H and O–H groups in total. The smallest absolute Gasteiger partial charge is 0.253 e. The third-order valence-corrected chi connectivity index (χ3v) is 4.56. The number of rotatable bonds is 7. The second kappa shape index (κ2) is 7.73. The van der Waals surface area contributed by atoms with Crippen LogP contribution in [0, 0.1) is 0 Å². The number of carbonyl (C=O) groups is 1. The lowest BCUT2D eigenvalue weighted by molar-refractivity contribution is 0.0952. The fourth-order valence-electron chi connectivity index (χ4n) is 2.04. The van der Waals surface area contributed by atoms with E-state index in [9.17, 15) is 13.2 Å². The number of sulfonamides is 1. The number of nitrogens with one attached hydrogen (secondary N) is 2. The Balaban J connectivity index is 2.11. The number of benzene rings is 1. The van der Waals surface area contributed by atoms with Crippen molar-refractivity contribution in [3.05, 3.63) is 59.9 Å². The summed E-state index contributed by atoms with van der Waals surface area (Å²) < 4.78 is 26.3. The Morgan fingerprint density at radius 3 is 2.65 bits per heavy atom. The van der Waals surface area contributed by atoms with E-state index in [0.717, 1.165) is 5.56 Å². The summed E-state index contributed by atoms with van der Waals surface area (Å²) in [6, 6.07) is 10.2. The van der Waals surface area contributed by atoms with Crippen LogP contribution in [0.1, 0.15) is 29.3 Å². The molecule has 0 fully saturated rings. The third kappa shape index (κ3) is 5.07. The van der Waals surface area contributed by atoms with Gasteiger partial charge in [0.1, 0.15) is 0 Å². The maximum atomic E-state index is 12.3. The molecule has 0 aliphatic rings. The number of anilines is 1. The molecule has 0 saturated heterocycles. The van der Waals surface area contributed by atoms with E-state index in [4.69, 9.17) is 0 Å². The number of amides is 1. The van der Waals surface area contributed by atoms with E-state index in [0.29, 0.717) is 13.0 Å². The van der Waals surface area contributed by atoms with Crippen LogP contribution in [-0.4, -0.2) is 25.1 Å². The van der Waals surface area contributed by atoms with Crippen LogP contribution < -0.4 is 10.0 Å². The van der Waals surface area contributed by atoms with Crippen molar-refractivity contribution in [3.63, 3.8) is 0 Å². The molecule has 2 aromatic rings. The van der Waals surface area contributed by atoms with Gasteiger partial charge in [-0.3, -0.25) is 14.5 Å². The molecule has 0 saturated carbocycles. The summed E-state index contributed by atoms with van der Waals surface area (Å²) >= 11 is 0. The molecule has 122 valence electrons. The Labute approximate surface area is 136 Å². The minimum atomic E-state index is -3.45. The predicted octanol–water partition coefficient (Wildman–Crippen LogP) is 2.16. The topological polar surface area (TPSA) is 88.2 Å². The van der Waals surface area contributed by atoms with Gasteiger partial charge in [-0.05, 0) is 30.2 Å². The molecule has 2 rings (SSSR count). The first-order chi connectivity index (χ1) is 11.0. The molecule has 1 aromatic heterocycles. The molecule has 1 aromatic carbocycles. The number of pyridine rings is 1. The zero-order valence-corrected chi connectivity index (χ0v) is 13.6. The summed E-state index contributed by atoms with van der Waals surface area (Å²) in [6.07, 6.45) is 3.82. The van der Waals surface area contributed by atoms with Crippen molar-refractivity contribution in [1.82, 2.24) is 10.3 Å². The van der Waals surface area contributed by atoms with E-state index >= 15 is 0 Å². The van der Waals surface area contributed by atoms with E-state index in [1.54, 1.807) is 49.6 Å². The molecular weight excluding hydrogens is 314 g/mol. The van der Waals surface area contributed by atoms with Crippen LogP contribution in [-0.2, 0) is 16.6 Å². The van der Waals surface area contributed by atoms with Crippen molar-refractivity contribution in [3.8, 4) is 0 Å². The minimum absolute atomic E-state index is 0.0125. The van der Waals surface area contributed by atoms with Gasteiger partial charge in [0.2, 0.25) is 10.0 Å². The number of hydrogen-bond acceptors (Lipinski definition) is 4. The first-order valence-corrected chi connectivity index (χ1v) is 8.93. The monoisotopic (exact) mass is 333 g/mol. The van der Waals surface area contributed by atoms with Gasteiger partial charge < -0.3 is 5.32 Å². The Bertz CT molecular complexity index is 761. The van der Waals surface area contributed by atoms with E-state index in [1.807, 2.05) is 6.07 Å². The van der Waals surface area contributed by atoms with E-state index < -0.39 is 10.0 Å². The van der Waals surface area contributed by atoms with Gasteiger partial charge in [-0.2, -0.15) is 0 Å². The van der Waals surface area contributed by atoms with Crippen molar-refractivity contribution in [2.45, 2.75) is 19.9 Å². The lowest BCUT2D eigenvalue weighted by atomic mass is 10.1. The zero-order valence-electron chi connectivity index (χ0n) is 12.8. The second-order valence-corrected chi connectivity index (χ2v) is 6.85. The van der Waals surface area contributed by atoms with Crippen molar-refractivity contribution >= 4 is 21.6 Å². The lowest BCUT2D eigenvalue weighted by Gasteiger charge is -2.12. The van der Waals surface area contributed by atoms with Crippen LogP contribution in [0.5, 0.6) is 0 Å². The zero-order chi connectivity index (χ0) is 16.7. The molecule has 0 aliphatic heterocycles. The van der Waals surface area contributed by atoms with Crippen LogP contribution in [0.15, 0.2) is 48.8 Å². The van der Waals surface area contributed by atoms with Gasteiger partial charge in [-0.25, -0.2) is 8.42 Å². The number of nitrogens with zero attached hydrogens (tertiary/aromatic N) is 1. The molecule has 0 aliphatic carbocycles. The molecule has 1 heterocycles. The molecule has 0 spiro atoms. The molecule has 7 heteroatoms. The highest BCUT2D eigenvalue weighted by Crippen LogP contribution is 2.17. The molecule has 0 bridgehead atoms. The van der Waals surface area contributed by atoms with Crippen LogP contribution in [0.4, 0.5) is 5.69 Å². The standard InChI is InChI=1S/C16H19N3O3S/c1-2-10-23(21,22)19-15-8-4-3-7-14(15)16(20)18-12-13-6-5-9-17-11-13/h3-9,11,19H,2,10,12H2,1H3,(H,18,20). The van der Waals surface area contributed by atoms with Crippen molar-refractivity contribution in [2.24, 2.45) is 0 Å². The highest BCUT2D eigenvalue weighted by Gasteiger charge is 2.15. The third-order valence-electron chi connectivity index (χ3n) is 3.09. The Hall–Kier alpha value is -2.41. The Morgan fingerprint density at radius 1 is 1.17 bits per heavy atom. The fraction of sp³-hybridized carbons (Fsp3) is 0.250. The van der Waals surface area contributed by atoms with Crippen molar-refractivity contribution in [2.75, 3.05) is 10.5 Å². The van der Waals surface area contributed by atoms with E-state index in [2.05, 4.69) is 15.0 Å². The molecule has 0 atom stereocenters. The lowest BCUT2D eigenvalue weighted by Crippen LogP contribution is -2.25. The molecular formula is C16H19N3O3S. The van der Waals surface area contributed by atoms with Crippen LogP contribution in [0.3, 0.4) is 0 Å². The summed E-state index contributed by atoms with van der Waals surface area (Å²) in [5.41, 5.74) is 1.44. The number of para-hydroxylation sites is 1. The van der Waals surface area contributed by atoms with Gasteiger partial charge >= 0.3 is 0 Å². The van der Waals surface area contributed by atoms with Crippen LogP contribution in [0.25, 0.3) is 0 Å². The SMILES string of the molecule is CCCS(=O)(=O)Nc1ccccc1C(=O)NCc1cccnc1. The van der Waals surface area contributed by atoms with Crippen LogP contribution in [0.2, 0.25) is 0 Å². The minimum Gasteiger partial charge on any atom is -0.348 e. The molecule has 23 heavy (non-hydrogen) atoms. The summed E-state index contributed by atoms with van der Waals surface area (Å²) in [4.78, 5) is 16.3. The highest BCUT2D eigenvalue weighted by atomic mass is 32.2. The summed E-state index contributed by atoms with van der Waals surface area (Å²) in [7, 11) is -3.45. The van der Waals surface area contributed by atoms with Gasteiger partial charge in [0.25, 0.3) is 5.91 Å². The van der Waals surface area contributed by atoms with Gasteiger partial charge in [0.15, 0.2) is 0 Å². The molecule has 0 radical (unpaired) electrons. The van der Waals surface area contributed by atoms with Gasteiger partial charge in [0, 0.05) is 18.9 Å². The largest absolute Gasteiger partial charge is 0.348 e. The van der Waals surface area contributed by atoms with E-state index in [1.165, 1.54) is 0 Å². The Morgan fingerprint density at radius 2 is 1.96 bits per heavy atom. The van der Waals surface area contributed by atoms with Gasteiger partial charge in [0.05, 0.1) is 17.0 Å². The maximum Gasteiger partial charge on any atom is 0.253 e. The summed E-state index contributed by atoms with van der Waals surface area (Å²) in [6.45, 7) is 2.11. The second-order valence-electron chi connectivity index (χ2n) is 5.01. The fourth-order valence-corrected chi connectivity index (χ4v) is 3.19. The molecule has 6 nitrogen and oxygen atoms in total. The first-order valence-electron chi connectivity index (χ1n) is 7.28. The quantitative estimate of drug-likeness (QED) is 0.813. The van der Waals surface area contributed by atoms with Crippen molar-refractivity contribution < 1.29 is 13.2 Å². The van der Waals surface area contributed by atoms with E-state index in [-0.39, 0.29) is 22.9 Å². The average molecular weight is 333 g/mol. The van der Waals surface area contributed by atoms with Gasteiger partial charge in [-0.1, -0.05) is 25.1 Å². The van der Waals surface area contributed by atoms with Crippen molar-refractivity contribution in [1.29, 1.82) is 0 Å². The predicted molar refractivity (Wildman–Crippen MR) is 89.5 cm³/mol. The normalized spacial score (nSPS) is 11.0. The number of hydrogen-bond donors (Lipinski definition) is 2.